The summed E-state index contributed by atoms with van der Waals surface area (Å²) in [5.74, 6) is 0.742. The van der Waals surface area contributed by atoms with Crippen molar-refractivity contribution in [3.63, 3.8) is 0 Å². The smallest absolute Gasteiger partial charge is 0.145 e. The van der Waals surface area contributed by atoms with Crippen LogP contribution in [0.2, 0.25) is 5.02 Å². The number of aliphatic hydroxyl groups excluding tert-OH is 1. The second kappa shape index (κ2) is 5.63. The number of rotatable bonds is 4. The lowest BCUT2D eigenvalue weighted by atomic mass is 9.89. The highest BCUT2D eigenvalue weighted by Crippen LogP contribution is 2.58. The summed E-state index contributed by atoms with van der Waals surface area (Å²) in [6, 6.07) is 4.93. The molecule has 0 saturated heterocycles. The topological polar surface area (TPSA) is 46.2 Å². The third-order valence-corrected chi connectivity index (χ3v) is 5.46. The van der Waals surface area contributed by atoms with Crippen LogP contribution in [-0.2, 0) is 0 Å². The maximum Gasteiger partial charge on any atom is 0.145 e. The highest BCUT2D eigenvalue weighted by Gasteiger charge is 2.55. The van der Waals surface area contributed by atoms with E-state index in [4.69, 9.17) is 17.3 Å². The minimum atomic E-state index is -0.555. The normalized spacial score (nSPS) is 31.5. The Kier molecular flexibility index (Phi) is 4.02. The Morgan fingerprint density at radius 3 is 2.55 bits per heavy atom. The van der Waals surface area contributed by atoms with Gasteiger partial charge in [0.25, 0.3) is 0 Å². The van der Waals surface area contributed by atoms with Crippen LogP contribution in [0.5, 0.6) is 0 Å². The van der Waals surface area contributed by atoms with Crippen LogP contribution in [-0.4, -0.2) is 17.8 Å². The summed E-state index contributed by atoms with van der Waals surface area (Å²) >= 11 is 5.84. The molecule has 0 amide bonds. The van der Waals surface area contributed by atoms with Gasteiger partial charge >= 0.3 is 0 Å². The lowest BCUT2D eigenvalue weighted by Crippen LogP contribution is -2.29. The number of nitrogens with two attached hydrogens (primary N) is 1. The molecule has 4 heteroatoms. The van der Waals surface area contributed by atoms with Crippen molar-refractivity contribution in [3.8, 4) is 0 Å². The minimum Gasteiger partial charge on any atom is -0.392 e. The predicted octanol–water partition coefficient (Wildman–Crippen LogP) is 3.32. The van der Waals surface area contributed by atoms with Crippen LogP contribution in [0.3, 0.4) is 0 Å². The Hall–Kier alpha value is -0.640. The zero-order valence-electron chi connectivity index (χ0n) is 11.4. The van der Waals surface area contributed by atoms with E-state index in [2.05, 4.69) is 0 Å². The van der Waals surface area contributed by atoms with Gasteiger partial charge in [0.15, 0.2) is 0 Å². The molecule has 2 saturated carbocycles. The second-order valence-corrected chi connectivity index (χ2v) is 6.57. The lowest BCUT2D eigenvalue weighted by Gasteiger charge is -2.23. The van der Waals surface area contributed by atoms with Crippen molar-refractivity contribution >= 4 is 11.6 Å². The quantitative estimate of drug-likeness (QED) is 0.895. The number of halogens is 2. The fraction of sp³-hybridized carbons (Fsp3) is 0.625. The first-order valence-corrected chi connectivity index (χ1v) is 7.85. The van der Waals surface area contributed by atoms with Gasteiger partial charge in [-0.1, -0.05) is 36.6 Å². The Bertz CT molecular complexity index is 483. The SMILES string of the molecule is NCC(c1cccc(Cl)c1F)C(O)C1C2CCCCC21. The van der Waals surface area contributed by atoms with Gasteiger partial charge in [-0.05, 0) is 42.2 Å². The van der Waals surface area contributed by atoms with Gasteiger partial charge in [0.1, 0.15) is 5.82 Å². The summed E-state index contributed by atoms with van der Waals surface area (Å²) in [6.07, 6.45) is 4.34. The number of hydrogen-bond acceptors (Lipinski definition) is 2. The van der Waals surface area contributed by atoms with E-state index >= 15 is 0 Å². The van der Waals surface area contributed by atoms with Gasteiger partial charge in [0.05, 0.1) is 11.1 Å². The van der Waals surface area contributed by atoms with E-state index in [1.165, 1.54) is 31.7 Å². The molecule has 110 valence electrons. The van der Waals surface area contributed by atoms with E-state index in [0.717, 1.165) is 0 Å². The van der Waals surface area contributed by atoms with E-state index in [1.54, 1.807) is 12.1 Å². The molecule has 2 aliphatic carbocycles. The van der Waals surface area contributed by atoms with Gasteiger partial charge in [-0.25, -0.2) is 4.39 Å². The fourth-order valence-electron chi connectivity index (χ4n) is 4.08. The zero-order chi connectivity index (χ0) is 14.3. The van der Waals surface area contributed by atoms with E-state index in [-0.39, 0.29) is 17.5 Å². The van der Waals surface area contributed by atoms with Gasteiger partial charge in [-0.15, -0.1) is 0 Å². The van der Waals surface area contributed by atoms with Crippen molar-refractivity contribution in [1.82, 2.24) is 0 Å². The first-order chi connectivity index (χ1) is 9.65. The average molecular weight is 298 g/mol. The third-order valence-electron chi connectivity index (χ3n) is 5.16. The number of fused-ring (bicyclic) bond motifs is 1. The van der Waals surface area contributed by atoms with Crippen LogP contribution in [0.25, 0.3) is 0 Å². The van der Waals surface area contributed by atoms with Crippen LogP contribution >= 0.6 is 11.6 Å². The molecule has 0 heterocycles. The molecule has 2 fully saturated rings. The number of hydrogen-bond donors (Lipinski definition) is 2. The Labute approximate surface area is 124 Å². The van der Waals surface area contributed by atoms with Crippen molar-refractivity contribution in [2.24, 2.45) is 23.5 Å². The summed E-state index contributed by atoms with van der Waals surface area (Å²) < 4.78 is 14.2. The van der Waals surface area contributed by atoms with Crippen LogP contribution < -0.4 is 5.73 Å². The van der Waals surface area contributed by atoms with Gasteiger partial charge in [-0.3, -0.25) is 0 Å². The van der Waals surface area contributed by atoms with E-state index < -0.39 is 11.9 Å². The summed E-state index contributed by atoms with van der Waals surface area (Å²) in [5.41, 5.74) is 6.26. The van der Waals surface area contributed by atoms with E-state index in [1.807, 2.05) is 0 Å². The molecule has 0 radical (unpaired) electrons. The molecule has 1 aromatic rings. The zero-order valence-corrected chi connectivity index (χ0v) is 12.2. The van der Waals surface area contributed by atoms with Gasteiger partial charge in [0, 0.05) is 12.5 Å². The summed E-state index contributed by atoms with van der Waals surface area (Å²) in [6.45, 7) is 0.244. The molecule has 1 aromatic carbocycles. The van der Waals surface area contributed by atoms with Crippen molar-refractivity contribution in [2.45, 2.75) is 37.7 Å². The maximum atomic E-state index is 14.2. The molecule has 2 nitrogen and oxygen atoms in total. The number of aliphatic hydroxyl groups is 1. The Morgan fingerprint density at radius 1 is 1.30 bits per heavy atom. The molecule has 3 rings (SSSR count). The van der Waals surface area contributed by atoms with Crippen molar-refractivity contribution in [1.29, 1.82) is 0 Å². The molecular weight excluding hydrogens is 277 g/mol. The first-order valence-electron chi connectivity index (χ1n) is 7.47. The Morgan fingerprint density at radius 2 is 1.95 bits per heavy atom. The third kappa shape index (κ3) is 2.36. The molecule has 0 aliphatic heterocycles. The first kappa shape index (κ1) is 14.3. The van der Waals surface area contributed by atoms with Gasteiger partial charge in [-0.2, -0.15) is 0 Å². The summed E-state index contributed by atoms with van der Waals surface area (Å²) in [7, 11) is 0. The van der Waals surface area contributed by atoms with Crippen LogP contribution in [0.1, 0.15) is 37.2 Å². The fourth-order valence-corrected chi connectivity index (χ4v) is 4.26. The van der Waals surface area contributed by atoms with E-state index in [0.29, 0.717) is 23.3 Å². The summed E-state index contributed by atoms with van der Waals surface area (Å²) in [4.78, 5) is 0. The summed E-state index contributed by atoms with van der Waals surface area (Å²) in [5, 5.41) is 10.8. The molecule has 4 unspecified atom stereocenters. The van der Waals surface area contributed by atoms with Crippen LogP contribution in [0.4, 0.5) is 4.39 Å². The molecule has 0 bridgehead atoms. The second-order valence-electron chi connectivity index (χ2n) is 6.17. The maximum absolute atomic E-state index is 14.2. The standard InChI is InChI=1S/C16H21ClFNO/c17-13-7-3-6-11(15(13)18)12(8-19)16(20)14-9-4-1-2-5-10(9)14/h3,6-7,9-10,12,14,16,20H,1-2,4-5,8,19H2. The van der Waals surface area contributed by atoms with E-state index in [9.17, 15) is 9.50 Å². The number of benzene rings is 1. The van der Waals surface area contributed by atoms with Crippen LogP contribution in [0, 0.1) is 23.6 Å². The molecule has 0 aromatic heterocycles. The Balaban J connectivity index is 1.81. The lowest BCUT2D eigenvalue weighted by molar-refractivity contribution is 0.111. The van der Waals surface area contributed by atoms with Crippen molar-refractivity contribution in [3.05, 3.63) is 34.6 Å². The highest BCUT2D eigenvalue weighted by molar-refractivity contribution is 6.30. The van der Waals surface area contributed by atoms with Gasteiger partial charge < -0.3 is 10.8 Å². The molecule has 0 spiro atoms. The molecular formula is C16H21ClFNO. The highest BCUT2D eigenvalue weighted by atomic mass is 35.5. The largest absolute Gasteiger partial charge is 0.392 e. The van der Waals surface area contributed by atoms with Gasteiger partial charge in [0.2, 0.25) is 0 Å². The monoisotopic (exact) mass is 297 g/mol. The molecule has 2 aliphatic rings. The molecule has 20 heavy (non-hydrogen) atoms. The molecule has 4 atom stereocenters. The minimum absolute atomic E-state index is 0.0985. The van der Waals surface area contributed by atoms with Crippen LogP contribution in [0.15, 0.2) is 18.2 Å². The average Bonchev–Trinajstić information content (AvgIpc) is 3.18. The predicted molar refractivity (Wildman–Crippen MR) is 78.2 cm³/mol. The van der Waals surface area contributed by atoms with Crippen molar-refractivity contribution < 1.29 is 9.50 Å². The molecule has 3 N–H and O–H groups in total. The van der Waals surface area contributed by atoms with Crippen molar-refractivity contribution in [2.75, 3.05) is 6.54 Å².